The van der Waals surface area contributed by atoms with Crippen LogP contribution < -0.4 is 0 Å². The van der Waals surface area contributed by atoms with E-state index in [0.717, 1.165) is 23.4 Å². The fourth-order valence-electron chi connectivity index (χ4n) is 5.89. The van der Waals surface area contributed by atoms with Crippen molar-refractivity contribution in [2.45, 2.75) is 62.7 Å². The van der Waals surface area contributed by atoms with E-state index in [9.17, 15) is 4.79 Å². The smallest absolute Gasteiger partial charge is 0.223 e. The molecule has 0 saturated heterocycles. The predicted molar refractivity (Wildman–Crippen MR) is 93.3 cm³/mol. The molecule has 4 saturated carbocycles. The van der Waals surface area contributed by atoms with Crippen molar-refractivity contribution in [1.29, 1.82) is 0 Å². The number of nitrogens with zero attached hydrogens (tertiary/aromatic N) is 1. The third kappa shape index (κ3) is 2.99. The van der Waals surface area contributed by atoms with Gasteiger partial charge in [0.15, 0.2) is 0 Å². The molecule has 2 unspecified atom stereocenters. The van der Waals surface area contributed by atoms with Crippen LogP contribution in [0.15, 0.2) is 16.5 Å². The Balaban J connectivity index is 1.44. The quantitative estimate of drug-likeness (QED) is 0.712. The topological polar surface area (TPSA) is 33.5 Å². The summed E-state index contributed by atoms with van der Waals surface area (Å²) >= 11 is 4.04. The van der Waals surface area contributed by atoms with Crippen LogP contribution >= 0.6 is 15.9 Å². The molecule has 4 aliphatic rings. The number of hydrogen-bond donors (Lipinski definition) is 0. The molecule has 1 aromatic rings. The molecule has 126 valence electrons. The van der Waals surface area contributed by atoms with Crippen LogP contribution in [0.2, 0.25) is 0 Å². The third-order valence-corrected chi connectivity index (χ3v) is 7.18. The Kier molecular flexibility index (Phi) is 3.67. The van der Waals surface area contributed by atoms with Crippen molar-refractivity contribution in [2.24, 2.45) is 17.3 Å². The van der Waals surface area contributed by atoms with Gasteiger partial charge in [-0.15, -0.1) is 0 Å². The molecule has 0 aliphatic heterocycles. The molecule has 1 amide bonds. The van der Waals surface area contributed by atoms with E-state index in [4.69, 9.17) is 4.42 Å². The summed E-state index contributed by atoms with van der Waals surface area (Å²) in [4.78, 5) is 14.7. The normalized spacial score (nSPS) is 38.0. The van der Waals surface area contributed by atoms with Gasteiger partial charge in [0.05, 0.1) is 6.54 Å². The van der Waals surface area contributed by atoms with Crippen LogP contribution in [0.3, 0.4) is 0 Å². The molecular weight excluding hydrogens is 354 g/mol. The molecular formula is C19H26BrNO2. The molecule has 0 radical (unpaired) electrons. The molecule has 4 fully saturated rings. The second kappa shape index (κ2) is 5.37. The maximum absolute atomic E-state index is 12.8. The number of amides is 1. The summed E-state index contributed by atoms with van der Waals surface area (Å²) in [5.41, 5.74) is 0.248. The lowest BCUT2D eigenvalue weighted by molar-refractivity contribution is -0.137. The van der Waals surface area contributed by atoms with Crippen molar-refractivity contribution < 1.29 is 9.21 Å². The Bertz CT molecular complexity index is 609. The summed E-state index contributed by atoms with van der Waals surface area (Å²) in [5.74, 6) is 3.73. The van der Waals surface area contributed by atoms with E-state index in [-0.39, 0.29) is 11.3 Å². The number of halogens is 1. The average Bonchev–Trinajstić information content (AvgIpc) is 2.80. The second-order valence-corrected chi connectivity index (χ2v) is 10.2. The fraction of sp³-hybridized carbons (Fsp3) is 0.737. The highest BCUT2D eigenvalue weighted by molar-refractivity contribution is 9.10. The Morgan fingerprint density at radius 2 is 2.00 bits per heavy atom. The number of hydrogen-bond acceptors (Lipinski definition) is 2. The molecule has 0 N–H and O–H groups in total. The number of aryl methyl sites for hydroxylation is 1. The molecule has 5 rings (SSSR count). The van der Waals surface area contributed by atoms with E-state index in [2.05, 4.69) is 15.9 Å². The minimum Gasteiger partial charge on any atom is -0.464 e. The van der Waals surface area contributed by atoms with Gasteiger partial charge in [0.25, 0.3) is 0 Å². The van der Waals surface area contributed by atoms with Gasteiger partial charge in [-0.3, -0.25) is 4.79 Å². The van der Waals surface area contributed by atoms with Gasteiger partial charge < -0.3 is 9.32 Å². The molecule has 4 aliphatic carbocycles. The first-order chi connectivity index (χ1) is 10.8. The van der Waals surface area contributed by atoms with Gasteiger partial charge in [0.2, 0.25) is 5.91 Å². The van der Waals surface area contributed by atoms with Gasteiger partial charge in [-0.1, -0.05) is 15.9 Å². The number of rotatable bonds is 4. The summed E-state index contributed by atoms with van der Waals surface area (Å²) in [6.45, 7) is 2.52. The summed E-state index contributed by atoms with van der Waals surface area (Å²) in [6, 6.07) is 3.93. The van der Waals surface area contributed by atoms with Crippen LogP contribution in [-0.4, -0.2) is 22.2 Å². The number of carbonyl (C=O) groups is 1. The summed E-state index contributed by atoms with van der Waals surface area (Å²) in [7, 11) is 1.91. The first-order valence-electron chi connectivity index (χ1n) is 8.83. The van der Waals surface area contributed by atoms with Crippen LogP contribution in [0, 0.1) is 24.2 Å². The highest BCUT2D eigenvalue weighted by atomic mass is 79.9. The van der Waals surface area contributed by atoms with Crippen molar-refractivity contribution >= 4 is 21.8 Å². The summed E-state index contributed by atoms with van der Waals surface area (Å²) < 4.78 is 5.94. The Morgan fingerprint density at radius 3 is 2.57 bits per heavy atom. The first kappa shape index (κ1) is 15.7. The lowest BCUT2D eigenvalue weighted by Gasteiger charge is -2.60. The van der Waals surface area contributed by atoms with Crippen LogP contribution in [0.25, 0.3) is 0 Å². The highest BCUT2D eigenvalue weighted by Crippen LogP contribution is 2.65. The van der Waals surface area contributed by atoms with Crippen molar-refractivity contribution in [3.05, 3.63) is 23.7 Å². The minimum absolute atomic E-state index is 0.248. The third-order valence-electron chi connectivity index (χ3n) is 6.25. The van der Waals surface area contributed by atoms with Gasteiger partial charge in [-0.25, -0.2) is 0 Å². The van der Waals surface area contributed by atoms with Crippen LogP contribution in [-0.2, 0) is 11.3 Å². The molecule has 2 atom stereocenters. The van der Waals surface area contributed by atoms with Gasteiger partial charge in [-0.2, -0.15) is 0 Å². The van der Waals surface area contributed by atoms with E-state index >= 15 is 0 Å². The van der Waals surface area contributed by atoms with E-state index in [1.165, 1.54) is 38.5 Å². The van der Waals surface area contributed by atoms with Gasteiger partial charge in [0.1, 0.15) is 11.5 Å². The largest absolute Gasteiger partial charge is 0.464 e. The second-order valence-electron chi connectivity index (χ2n) is 8.55. The predicted octanol–water partition coefficient (Wildman–Crippen LogP) is 4.67. The molecule has 4 bridgehead atoms. The van der Waals surface area contributed by atoms with Crippen LogP contribution in [0.4, 0.5) is 0 Å². The van der Waals surface area contributed by atoms with E-state index in [1.807, 2.05) is 31.0 Å². The summed E-state index contributed by atoms with van der Waals surface area (Å²) in [6.07, 6.45) is 8.45. The Morgan fingerprint density at radius 1 is 1.30 bits per heavy atom. The molecule has 0 aromatic carbocycles. The van der Waals surface area contributed by atoms with Crippen LogP contribution in [0.1, 0.15) is 56.5 Å². The van der Waals surface area contributed by atoms with Gasteiger partial charge in [-0.05, 0) is 74.8 Å². The van der Waals surface area contributed by atoms with Gasteiger partial charge >= 0.3 is 0 Å². The molecule has 3 nitrogen and oxygen atoms in total. The SMILES string of the molecule is Cc1ccc(CN(C)C(=O)CC23CC4CC(CC(Br)(C4)C2)C3)o1. The molecule has 1 heterocycles. The van der Waals surface area contributed by atoms with Crippen molar-refractivity contribution in [3.8, 4) is 0 Å². The monoisotopic (exact) mass is 379 g/mol. The maximum atomic E-state index is 12.8. The molecule has 0 spiro atoms. The standard InChI is InChI=1S/C19H26BrNO2/c1-13-3-4-16(23-13)11-21(2)17(22)10-18-6-14-5-15(7-18)9-19(20,8-14)12-18/h3-4,14-15H,5-12H2,1-2H3. The number of furan rings is 1. The maximum Gasteiger partial charge on any atom is 0.223 e. The van der Waals surface area contributed by atoms with Crippen molar-refractivity contribution in [2.75, 3.05) is 7.05 Å². The zero-order valence-electron chi connectivity index (χ0n) is 14.1. The molecule has 4 heteroatoms. The average molecular weight is 380 g/mol. The fourth-order valence-corrected chi connectivity index (χ4v) is 7.40. The number of carbonyl (C=O) groups excluding carboxylic acids is 1. The molecule has 1 aromatic heterocycles. The minimum atomic E-state index is 0.248. The van der Waals surface area contributed by atoms with Crippen molar-refractivity contribution in [1.82, 2.24) is 4.90 Å². The number of alkyl halides is 1. The van der Waals surface area contributed by atoms with Gasteiger partial charge in [0, 0.05) is 17.8 Å². The zero-order chi connectivity index (χ0) is 16.2. The Labute approximate surface area is 146 Å². The first-order valence-corrected chi connectivity index (χ1v) is 9.62. The Hall–Kier alpha value is -0.770. The van der Waals surface area contributed by atoms with E-state index in [0.29, 0.717) is 17.3 Å². The highest BCUT2D eigenvalue weighted by Gasteiger charge is 2.57. The van der Waals surface area contributed by atoms with Crippen molar-refractivity contribution in [3.63, 3.8) is 0 Å². The van der Waals surface area contributed by atoms with E-state index in [1.54, 1.807) is 0 Å². The summed E-state index contributed by atoms with van der Waals surface area (Å²) in [5, 5.41) is 0. The lowest BCUT2D eigenvalue weighted by Crippen LogP contribution is -2.54. The lowest BCUT2D eigenvalue weighted by atomic mass is 9.48. The zero-order valence-corrected chi connectivity index (χ0v) is 15.7. The molecule has 23 heavy (non-hydrogen) atoms. The van der Waals surface area contributed by atoms with E-state index < -0.39 is 0 Å². The van der Waals surface area contributed by atoms with Crippen LogP contribution in [0.5, 0.6) is 0 Å².